The number of hydrogen-bond acceptors (Lipinski definition) is 2. The lowest BCUT2D eigenvalue weighted by Gasteiger charge is -2.28. The molecule has 0 fully saturated rings. The summed E-state index contributed by atoms with van der Waals surface area (Å²) in [6.07, 6.45) is 0. The van der Waals surface area contributed by atoms with Gasteiger partial charge < -0.3 is 9.32 Å². The van der Waals surface area contributed by atoms with Gasteiger partial charge >= 0.3 is 0 Å². The Balaban J connectivity index is 1.13. The van der Waals surface area contributed by atoms with Crippen molar-refractivity contribution in [3.8, 4) is 44.5 Å². The van der Waals surface area contributed by atoms with E-state index in [4.69, 9.17) is 4.42 Å². The highest BCUT2D eigenvalue weighted by Crippen LogP contribution is 2.48. The topological polar surface area (TPSA) is 16.4 Å². The number of fused-ring (bicyclic) bond motifs is 8. The molecule has 1 aromatic heterocycles. The second-order valence-electron chi connectivity index (χ2n) is 14.9. The molecule has 0 saturated heterocycles. The van der Waals surface area contributed by atoms with Crippen molar-refractivity contribution in [2.24, 2.45) is 0 Å². The molecular formula is C56H37NO. The Hall–Kier alpha value is -7.68. The summed E-state index contributed by atoms with van der Waals surface area (Å²) >= 11 is 0. The molecule has 2 nitrogen and oxygen atoms in total. The van der Waals surface area contributed by atoms with E-state index in [1.165, 1.54) is 49.5 Å². The SMILES string of the molecule is c1ccc(-c2ccc(-c3ccc(N(c4ccc(-c5ccccc5)cc4)c4cc5c(cc4-c4ccccc4)oc4c6ccccc6c6ccccc6c54)cc3)cc2)cc1. The normalized spacial score (nSPS) is 11.4. The standard InChI is InChI=1S/C56H37NO/c1-4-14-38(15-5-1)40-24-26-41(27-25-40)43-30-34-46(35-31-43)57(45-32-28-42(29-33-45)39-16-6-2-7-17-39)53-36-52-54(37-51(53)44-18-8-3-9-19-44)58-56-50-23-13-11-21-48(50)47-20-10-12-22-49(47)55(52)56/h1-37H. The maximum atomic E-state index is 6.93. The summed E-state index contributed by atoms with van der Waals surface area (Å²) in [5, 5.41) is 6.96. The van der Waals surface area contributed by atoms with Crippen LogP contribution in [0.1, 0.15) is 0 Å². The molecule has 1 heterocycles. The average Bonchev–Trinajstić information content (AvgIpc) is 3.69. The van der Waals surface area contributed by atoms with E-state index in [-0.39, 0.29) is 0 Å². The van der Waals surface area contributed by atoms with Crippen LogP contribution < -0.4 is 4.90 Å². The number of furan rings is 1. The summed E-state index contributed by atoms with van der Waals surface area (Å²) in [5.74, 6) is 0. The Labute approximate surface area is 337 Å². The van der Waals surface area contributed by atoms with Crippen LogP contribution >= 0.6 is 0 Å². The Morgan fingerprint density at radius 3 is 1.17 bits per heavy atom. The van der Waals surface area contributed by atoms with E-state index in [0.717, 1.165) is 55.5 Å². The molecule has 0 bridgehead atoms. The van der Waals surface area contributed by atoms with Crippen molar-refractivity contribution in [1.29, 1.82) is 0 Å². The van der Waals surface area contributed by atoms with E-state index in [1.807, 2.05) is 0 Å². The highest BCUT2D eigenvalue weighted by molar-refractivity contribution is 6.30. The van der Waals surface area contributed by atoms with Crippen molar-refractivity contribution in [3.63, 3.8) is 0 Å². The number of benzene rings is 10. The lowest BCUT2D eigenvalue weighted by atomic mass is 9.95. The van der Waals surface area contributed by atoms with Gasteiger partial charge in [-0.05, 0) is 91.5 Å². The highest BCUT2D eigenvalue weighted by atomic mass is 16.3. The first kappa shape index (κ1) is 33.6. The minimum absolute atomic E-state index is 0.868. The van der Waals surface area contributed by atoms with Crippen molar-refractivity contribution >= 4 is 60.5 Å². The molecular weight excluding hydrogens is 703 g/mol. The van der Waals surface area contributed by atoms with Gasteiger partial charge in [-0.25, -0.2) is 0 Å². The molecule has 0 radical (unpaired) electrons. The summed E-state index contributed by atoms with van der Waals surface area (Å²) in [7, 11) is 0. The van der Waals surface area contributed by atoms with Crippen LogP contribution in [-0.4, -0.2) is 0 Å². The summed E-state index contributed by atoms with van der Waals surface area (Å²) in [6.45, 7) is 0. The molecule has 0 aliphatic rings. The second kappa shape index (κ2) is 14.1. The molecule has 0 amide bonds. The van der Waals surface area contributed by atoms with Gasteiger partial charge in [0, 0.05) is 33.1 Å². The van der Waals surface area contributed by atoms with Crippen LogP contribution in [0, 0.1) is 0 Å². The smallest absolute Gasteiger partial charge is 0.143 e. The number of rotatable bonds is 7. The first-order valence-corrected chi connectivity index (χ1v) is 19.8. The molecule has 272 valence electrons. The molecule has 0 saturated carbocycles. The Morgan fingerprint density at radius 2 is 0.672 bits per heavy atom. The highest BCUT2D eigenvalue weighted by Gasteiger charge is 2.23. The number of nitrogens with zero attached hydrogens (tertiary/aromatic N) is 1. The summed E-state index contributed by atoms with van der Waals surface area (Å²) in [5.41, 5.74) is 14.4. The molecule has 0 spiro atoms. The lowest BCUT2D eigenvalue weighted by Crippen LogP contribution is -2.11. The third-order valence-corrected chi connectivity index (χ3v) is 11.5. The van der Waals surface area contributed by atoms with Gasteiger partial charge in [-0.2, -0.15) is 0 Å². The maximum Gasteiger partial charge on any atom is 0.143 e. The summed E-state index contributed by atoms with van der Waals surface area (Å²) in [6, 6.07) is 80.5. The van der Waals surface area contributed by atoms with Gasteiger partial charge in [0.25, 0.3) is 0 Å². The van der Waals surface area contributed by atoms with Crippen molar-refractivity contribution in [3.05, 3.63) is 224 Å². The molecule has 11 aromatic rings. The Morgan fingerprint density at radius 1 is 0.293 bits per heavy atom. The summed E-state index contributed by atoms with van der Waals surface area (Å²) < 4.78 is 6.93. The van der Waals surface area contributed by atoms with E-state index in [0.29, 0.717) is 0 Å². The molecule has 0 N–H and O–H groups in total. The van der Waals surface area contributed by atoms with Crippen molar-refractivity contribution in [1.82, 2.24) is 0 Å². The lowest BCUT2D eigenvalue weighted by molar-refractivity contribution is 0.673. The average molecular weight is 740 g/mol. The van der Waals surface area contributed by atoms with Gasteiger partial charge in [-0.15, -0.1) is 0 Å². The fourth-order valence-electron chi connectivity index (χ4n) is 8.62. The van der Waals surface area contributed by atoms with Crippen LogP contribution in [0.5, 0.6) is 0 Å². The predicted molar refractivity (Wildman–Crippen MR) is 245 cm³/mol. The fraction of sp³-hybridized carbons (Fsp3) is 0. The molecule has 0 atom stereocenters. The fourth-order valence-corrected chi connectivity index (χ4v) is 8.62. The molecule has 2 heteroatoms. The molecule has 58 heavy (non-hydrogen) atoms. The first-order chi connectivity index (χ1) is 28.8. The zero-order chi connectivity index (χ0) is 38.4. The van der Waals surface area contributed by atoms with Crippen LogP contribution in [0.15, 0.2) is 229 Å². The second-order valence-corrected chi connectivity index (χ2v) is 14.9. The minimum atomic E-state index is 0.868. The van der Waals surface area contributed by atoms with Crippen LogP contribution in [0.4, 0.5) is 17.1 Å². The van der Waals surface area contributed by atoms with Gasteiger partial charge in [0.05, 0.1) is 5.69 Å². The van der Waals surface area contributed by atoms with Crippen LogP contribution in [0.25, 0.3) is 88.0 Å². The zero-order valence-electron chi connectivity index (χ0n) is 31.7. The quantitative estimate of drug-likeness (QED) is 0.151. The number of anilines is 3. The van der Waals surface area contributed by atoms with E-state index in [2.05, 4.69) is 229 Å². The molecule has 11 rings (SSSR count). The van der Waals surface area contributed by atoms with Gasteiger partial charge in [0.2, 0.25) is 0 Å². The molecule has 10 aromatic carbocycles. The predicted octanol–water partition coefficient (Wildman–Crippen LogP) is 16.0. The van der Waals surface area contributed by atoms with E-state index >= 15 is 0 Å². The Kier molecular flexibility index (Phi) is 8.19. The van der Waals surface area contributed by atoms with E-state index in [9.17, 15) is 0 Å². The maximum absolute atomic E-state index is 6.93. The van der Waals surface area contributed by atoms with Gasteiger partial charge in [-0.1, -0.05) is 188 Å². The third-order valence-electron chi connectivity index (χ3n) is 11.5. The van der Waals surface area contributed by atoms with Crippen LogP contribution in [0.2, 0.25) is 0 Å². The van der Waals surface area contributed by atoms with Crippen molar-refractivity contribution in [2.75, 3.05) is 4.90 Å². The van der Waals surface area contributed by atoms with Gasteiger partial charge in [0.1, 0.15) is 11.2 Å². The van der Waals surface area contributed by atoms with E-state index in [1.54, 1.807) is 0 Å². The molecule has 0 aliphatic heterocycles. The van der Waals surface area contributed by atoms with Crippen molar-refractivity contribution in [2.45, 2.75) is 0 Å². The minimum Gasteiger partial charge on any atom is -0.455 e. The van der Waals surface area contributed by atoms with Crippen LogP contribution in [-0.2, 0) is 0 Å². The zero-order valence-corrected chi connectivity index (χ0v) is 31.7. The first-order valence-electron chi connectivity index (χ1n) is 19.8. The van der Waals surface area contributed by atoms with E-state index < -0.39 is 0 Å². The Bertz CT molecular complexity index is 3220. The number of hydrogen-bond donors (Lipinski definition) is 0. The van der Waals surface area contributed by atoms with Gasteiger partial charge in [0.15, 0.2) is 0 Å². The van der Waals surface area contributed by atoms with Gasteiger partial charge in [-0.3, -0.25) is 0 Å². The third kappa shape index (κ3) is 5.82. The largest absolute Gasteiger partial charge is 0.455 e. The van der Waals surface area contributed by atoms with Crippen LogP contribution in [0.3, 0.4) is 0 Å². The van der Waals surface area contributed by atoms with Crippen molar-refractivity contribution < 1.29 is 4.42 Å². The molecule has 0 unspecified atom stereocenters. The molecule has 0 aliphatic carbocycles. The monoisotopic (exact) mass is 739 g/mol. The summed E-state index contributed by atoms with van der Waals surface area (Å²) in [4.78, 5) is 2.40.